The van der Waals surface area contributed by atoms with E-state index in [1.807, 2.05) is 24.3 Å². The number of hydrogen-bond donors (Lipinski definition) is 1. The summed E-state index contributed by atoms with van der Waals surface area (Å²) >= 11 is 2.18. The number of carbonyl (C=O) groups excluding carboxylic acids is 2. The molecule has 1 fully saturated rings. The molecule has 1 aliphatic rings. The van der Waals surface area contributed by atoms with E-state index in [1.54, 1.807) is 6.08 Å². The zero-order valence-electron chi connectivity index (χ0n) is 12.8. The van der Waals surface area contributed by atoms with Gasteiger partial charge in [-0.05, 0) is 51.9 Å². The largest absolute Gasteiger partial charge is 0.329 e. The van der Waals surface area contributed by atoms with E-state index in [4.69, 9.17) is 0 Å². The van der Waals surface area contributed by atoms with Crippen LogP contribution in [-0.2, 0) is 11.3 Å². The number of benzene rings is 2. The van der Waals surface area contributed by atoms with Crippen LogP contribution in [0.2, 0.25) is 0 Å². The van der Waals surface area contributed by atoms with Crippen molar-refractivity contribution in [1.29, 1.82) is 0 Å². The Morgan fingerprint density at radius 1 is 1.08 bits per heavy atom. The van der Waals surface area contributed by atoms with Crippen LogP contribution < -0.4 is 5.32 Å². The average molecular weight is 449 g/mol. The van der Waals surface area contributed by atoms with E-state index < -0.39 is 16.9 Å². The number of hydrogen-bond acceptors (Lipinski definition) is 4. The summed E-state index contributed by atoms with van der Waals surface area (Å²) in [5.41, 5.74) is 1.60. The molecule has 0 saturated carbocycles. The van der Waals surface area contributed by atoms with E-state index in [1.165, 1.54) is 24.3 Å². The monoisotopic (exact) mass is 449 g/mol. The molecule has 0 atom stereocenters. The molecule has 0 bridgehead atoms. The van der Waals surface area contributed by atoms with Gasteiger partial charge in [-0.15, -0.1) is 0 Å². The van der Waals surface area contributed by atoms with Crippen LogP contribution in [0.5, 0.6) is 0 Å². The van der Waals surface area contributed by atoms with E-state index >= 15 is 0 Å². The Labute approximate surface area is 156 Å². The Balaban J connectivity index is 1.77. The fourth-order valence-electron chi connectivity index (χ4n) is 2.35. The highest BCUT2D eigenvalue weighted by atomic mass is 127. The number of nitro groups is 1. The van der Waals surface area contributed by atoms with Crippen LogP contribution in [0.15, 0.2) is 54.2 Å². The lowest BCUT2D eigenvalue weighted by Crippen LogP contribution is -2.30. The molecule has 3 rings (SSSR count). The first-order valence-corrected chi connectivity index (χ1v) is 8.35. The summed E-state index contributed by atoms with van der Waals surface area (Å²) in [5.74, 6) is -0.429. The maximum atomic E-state index is 12.4. The molecule has 25 heavy (non-hydrogen) atoms. The molecule has 1 N–H and O–H groups in total. The maximum absolute atomic E-state index is 12.4. The highest BCUT2D eigenvalue weighted by molar-refractivity contribution is 14.1. The molecular formula is C17H12IN3O4. The number of nitrogens with zero attached hydrogens (tertiary/aromatic N) is 2. The van der Waals surface area contributed by atoms with E-state index in [0.29, 0.717) is 5.56 Å². The van der Waals surface area contributed by atoms with Crippen LogP contribution in [-0.4, -0.2) is 21.8 Å². The second kappa shape index (κ2) is 7.01. The van der Waals surface area contributed by atoms with Crippen molar-refractivity contribution >= 4 is 46.3 Å². The van der Waals surface area contributed by atoms with Crippen LogP contribution in [0.3, 0.4) is 0 Å². The molecule has 126 valence electrons. The predicted octanol–water partition coefficient (Wildman–Crippen LogP) is 3.29. The van der Waals surface area contributed by atoms with Crippen LogP contribution in [0, 0.1) is 13.7 Å². The molecule has 2 aromatic rings. The minimum absolute atomic E-state index is 0.0414. The Hall–Kier alpha value is -2.75. The lowest BCUT2D eigenvalue weighted by molar-refractivity contribution is -0.384. The zero-order valence-corrected chi connectivity index (χ0v) is 15.0. The number of urea groups is 1. The van der Waals surface area contributed by atoms with Gasteiger partial charge in [0.1, 0.15) is 5.70 Å². The smallest absolute Gasteiger partial charge is 0.303 e. The molecule has 0 unspecified atom stereocenters. The van der Waals surface area contributed by atoms with Gasteiger partial charge in [-0.1, -0.05) is 24.3 Å². The number of nitrogens with one attached hydrogen (secondary N) is 1. The van der Waals surface area contributed by atoms with Crippen molar-refractivity contribution in [2.24, 2.45) is 0 Å². The minimum atomic E-state index is -0.514. The molecule has 1 aliphatic heterocycles. The van der Waals surface area contributed by atoms with Gasteiger partial charge in [-0.3, -0.25) is 19.8 Å². The standard InChI is InChI=1S/C17H12IN3O4/c18-13-5-1-11(2-6-13)9-15-16(22)20(17(23)19-15)10-12-3-7-14(8-4-12)21(24)25/h1-9H,10H2,(H,19,23). The fourth-order valence-corrected chi connectivity index (χ4v) is 2.71. The summed E-state index contributed by atoms with van der Waals surface area (Å²) in [7, 11) is 0. The molecule has 0 aromatic heterocycles. The number of halogens is 1. The summed E-state index contributed by atoms with van der Waals surface area (Å²) in [4.78, 5) is 35.7. The zero-order chi connectivity index (χ0) is 18.0. The third-order valence-corrected chi connectivity index (χ3v) is 4.35. The summed E-state index contributed by atoms with van der Waals surface area (Å²) in [6.45, 7) is 0.0483. The summed E-state index contributed by atoms with van der Waals surface area (Å²) in [5, 5.41) is 13.2. The Bertz CT molecular complexity index is 876. The van der Waals surface area contributed by atoms with E-state index in [2.05, 4.69) is 27.9 Å². The molecule has 0 radical (unpaired) electrons. The molecule has 0 aliphatic carbocycles. The number of non-ortho nitro benzene ring substituents is 1. The molecule has 0 spiro atoms. The molecule has 1 saturated heterocycles. The quantitative estimate of drug-likeness (QED) is 0.255. The molecule has 3 amide bonds. The Morgan fingerprint density at radius 3 is 2.32 bits per heavy atom. The molecular weight excluding hydrogens is 437 g/mol. The van der Waals surface area contributed by atoms with Gasteiger partial charge in [-0.25, -0.2) is 4.79 Å². The second-order valence-electron chi connectivity index (χ2n) is 5.35. The molecule has 7 nitrogen and oxygen atoms in total. The van der Waals surface area contributed by atoms with Crippen molar-refractivity contribution in [2.45, 2.75) is 6.54 Å². The van der Waals surface area contributed by atoms with Crippen molar-refractivity contribution in [2.75, 3.05) is 0 Å². The minimum Gasteiger partial charge on any atom is -0.303 e. The van der Waals surface area contributed by atoms with Gasteiger partial charge in [0.25, 0.3) is 11.6 Å². The van der Waals surface area contributed by atoms with E-state index in [9.17, 15) is 19.7 Å². The summed E-state index contributed by atoms with van der Waals surface area (Å²) < 4.78 is 1.07. The number of rotatable bonds is 4. The lowest BCUT2D eigenvalue weighted by Gasteiger charge is -2.11. The van der Waals surface area contributed by atoms with Crippen molar-refractivity contribution in [3.8, 4) is 0 Å². The number of amides is 3. The highest BCUT2D eigenvalue weighted by Crippen LogP contribution is 2.19. The van der Waals surface area contributed by atoms with Crippen LogP contribution in [0.25, 0.3) is 6.08 Å². The summed E-state index contributed by atoms with van der Waals surface area (Å²) in [6.07, 6.45) is 1.62. The predicted molar refractivity (Wildman–Crippen MR) is 99.3 cm³/mol. The third kappa shape index (κ3) is 3.85. The third-order valence-electron chi connectivity index (χ3n) is 3.63. The highest BCUT2D eigenvalue weighted by Gasteiger charge is 2.33. The van der Waals surface area contributed by atoms with E-state index in [-0.39, 0.29) is 17.9 Å². The molecule has 8 heteroatoms. The van der Waals surface area contributed by atoms with Gasteiger partial charge < -0.3 is 5.32 Å². The lowest BCUT2D eigenvalue weighted by atomic mass is 10.2. The van der Waals surface area contributed by atoms with Gasteiger partial charge >= 0.3 is 6.03 Å². The SMILES string of the molecule is O=C1NC(=Cc2ccc(I)cc2)C(=O)N1Cc1ccc([N+](=O)[O-])cc1. The first-order valence-electron chi connectivity index (χ1n) is 7.27. The Morgan fingerprint density at radius 2 is 1.72 bits per heavy atom. The van der Waals surface area contributed by atoms with Crippen LogP contribution in [0.4, 0.5) is 10.5 Å². The van der Waals surface area contributed by atoms with Gasteiger partial charge in [0.2, 0.25) is 0 Å². The van der Waals surface area contributed by atoms with Crippen molar-refractivity contribution < 1.29 is 14.5 Å². The molecule has 1 heterocycles. The van der Waals surface area contributed by atoms with Crippen molar-refractivity contribution in [3.63, 3.8) is 0 Å². The number of nitro benzene ring substituents is 1. The number of carbonyl (C=O) groups is 2. The van der Waals surface area contributed by atoms with Crippen molar-refractivity contribution in [1.82, 2.24) is 10.2 Å². The van der Waals surface area contributed by atoms with Gasteiger partial charge in [0.05, 0.1) is 11.5 Å². The fraction of sp³-hybridized carbons (Fsp3) is 0.0588. The summed E-state index contributed by atoms with van der Waals surface area (Å²) in [6, 6.07) is 12.7. The Kier molecular flexibility index (Phi) is 4.79. The first kappa shape index (κ1) is 17.1. The van der Waals surface area contributed by atoms with Gasteiger partial charge in [-0.2, -0.15) is 0 Å². The average Bonchev–Trinajstić information content (AvgIpc) is 2.85. The second-order valence-corrected chi connectivity index (χ2v) is 6.60. The number of imide groups is 1. The van der Waals surface area contributed by atoms with Crippen LogP contribution >= 0.6 is 22.6 Å². The van der Waals surface area contributed by atoms with E-state index in [0.717, 1.165) is 14.0 Å². The molecule has 2 aromatic carbocycles. The van der Waals surface area contributed by atoms with Gasteiger partial charge in [0.15, 0.2) is 0 Å². The van der Waals surface area contributed by atoms with Crippen molar-refractivity contribution in [3.05, 3.63) is 79.0 Å². The first-order chi connectivity index (χ1) is 11.9. The normalized spacial score (nSPS) is 15.6. The van der Waals surface area contributed by atoms with Crippen LogP contribution in [0.1, 0.15) is 11.1 Å². The topological polar surface area (TPSA) is 92.6 Å². The van der Waals surface area contributed by atoms with Gasteiger partial charge in [0, 0.05) is 15.7 Å². The maximum Gasteiger partial charge on any atom is 0.329 e.